The topological polar surface area (TPSA) is 59.8 Å². The molecular weight excluding hydrogens is 438 g/mol. The number of carbonyl (C=O) groups excluding carboxylic acids is 1. The Hall–Kier alpha value is -3.86. The third-order valence-corrected chi connectivity index (χ3v) is 6.61. The van der Waals surface area contributed by atoms with Crippen LogP contribution in [0.5, 0.6) is 5.75 Å². The minimum Gasteiger partial charge on any atom is -0.489 e. The van der Waals surface area contributed by atoms with Crippen LogP contribution in [-0.4, -0.2) is 17.4 Å². The lowest BCUT2D eigenvalue weighted by atomic mass is 9.96. The van der Waals surface area contributed by atoms with Crippen LogP contribution in [-0.2, 0) is 6.61 Å². The summed E-state index contributed by atoms with van der Waals surface area (Å²) in [5.41, 5.74) is 4.60. The maximum absolute atomic E-state index is 13.8. The predicted molar refractivity (Wildman–Crippen MR) is 137 cm³/mol. The standard InChI is InChI=1S/C30H29NO4/c1-4-5-15-31-27(22-11-13-23(14-12-22)34-18-21-9-7-6-8-10-21)26-28(32)25-20(3)16-19(2)17-24(25)35-29(26)30(31)33/h6-14,16-17,27H,4-5,15,18H2,1-3H3. The minimum atomic E-state index is -0.478. The van der Waals surface area contributed by atoms with Crippen molar-refractivity contribution in [2.24, 2.45) is 0 Å². The number of fused-ring (bicyclic) bond motifs is 2. The Labute approximate surface area is 205 Å². The number of aryl methyl sites for hydroxylation is 2. The first-order chi connectivity index (χ1) is 17.0. The van der Waals surface area contributed by atoms with E-state index in [0.717, 1.165) is 40.8 Å². The molecule has 0 radical (unpaired) electrons. The third-order valence-electron chi connectivity index (χ3n) is 6.61. The number of unbranched alkanes of at least 4 members (excludes halogenated alkanes) is 1. The lowest BCUT2D eigenvalue weighted by Gasteiger charge is -2.25. The van der Waals surface area contributed by atoms with Gasteiger partial charge in [-0.3, -0.25) is 9.59 Å². The van der Waals surface area contributed by atoms with E-state index in [1.54, 1.807) is 4.90 Å². The van der Waals surface area contributed by atoms with E-state index in [4.69, 9.17) is 9.15 Å². The Bertz CT molecular complexity index is 1440. The average Bonchev–Trinajstić information content (AvgIpc) is 3.13. The van der Waals surface area contributed by atoms with Gasteiger partial charge in [0.2, 0.25) is 5.76 Å². The van der Waals surface area contributed by atoms with Gasteiger partial charge in [-0.05, 0) is 60.7 Å². The maximum atomic E-state index is 13.8. The van der Waals surface area contributed by atoms with Crippen molar-refractivity contribution in [2.45, 2.75) is 46.3 Å². The Morgan fingerprint density at radius 3 is 2.43 bits per heavy atom. The molecule has 0 bridgehead atoms. The molecule has 0 saturated heterocycles. The number of carbonyl (C=O) groups is 1. The summed E-state index contributed by atoms with van der Waals surface area (Å²) in [6, 6.07) is 21.0. The maximum Gasteiger partial charge on any atom is 0.290 e. The lowest BCUT2D eigenvalue weighted by molar-refractivity contribution is 0.0725. The Morgan fingerprint density at radius 1 is 0.971 bits per heavy atom. The molecule has 0 spiro atoms. The van der Waals surface area contributed by atoms with Crippen molar-refractivity contribution in [3.05, 3.63) is 111 Å². The van der Waals surface area contributed by atoms with Gasteiger partial charge in [-0.15, -0.1) is 0 Å². The van der Waals surface area contributed by atoms with Gasteiger partial charge in [0, 0.05) is 6.54 Å². The summed E-state index contributed by atoms with van der Waals surface area (Å²) in [7, 11) is 0. The van der Waals surface area contributed by atoms with Crippen LogP contribution in [0.4, 0.5) is 0 Å². The van der Waals surface area contributed by atoms with E-state index in [0.29, 0.717) is 29.7 Å². The number of nitrogens with zero attached hydrogens (tertiary/aromatic N) is 1. The smallest absolute Gasteiger partial charge is 0.290 e. The monoisotopic (exact) mass is 467 g/mol. The number of benzene rings is 3. The molecule has 5 nitrogen and oxygen atoms in total. The zero-order valence-corrected chi connectivity index (χ0v) is 20.3. The highest BCUT2D eigenvalue weighted by Gasteiger charge is 2.42. The van der Waals surface area contributed by atoms with Crippen molar-refractivity contribution in [2.75, 3.05) is 6.54 Å². The molecule has 1 aliphatic heterocycles. The third kappa shape index (κ3) is 4.23. The first-order valence-electron chi connectivity index (χ1n) is 12.1. The summed E-state index contributed by atoms with van der Waals surface area (Å²) < 4.78 is 12.1. The molecule has 35 heavy (non-hydrogen) atoms. The molecule has 0 N–H and O–H groups in total. The minimum absolute atomic E-state index is 0.125. The van der Waals surface area contributed by atoms with Gasteiger partial charge in [0.05, 0.1) is 17.0 Å². The van der Waals surface area contributed by atoms with E-state index < -0.39 is 6.04 Å². The largest absolute Gasteiger partial charge is 0.489 e. The van der Waals surface area contributed by atoms with Gasteiger partial charge in [-0.1, -0.05) is 61.9 Å². The molecule has 2 heterocycles. The molecule has 1 amide bonds. The van der Waals surface area contributed by atoms with E-state index in [1.165, 1.54) is 0 Å². The second-order valence-corrected chi connectivity index (χ2v) is 9.23. The quantitative estimate of drug-likeness (QED) is 0.318. The van der Waals surface area contributed by atoms with Gasteiger partial charge in [0.1, 0.15) is 17.9 Å². The number of amides is 1. The van der Waals surface area contributed by atoms with Crippen LogP contribution >= 0.6 is 0 Å². The molecular formula is C30H29NO4. The van der Waals surface area contributed by atoms with Crippen LogP contribution in [0.3, 0.4) is 0 Å². The first-order valence-corrected chi connectivity index (χ1v) is 12.1. The van der Waals surface area contributed by atoms with Gasteiger partial charge in [0.15, 0.2) is 5.43 Å². The highest BCUT2D eigenvalue weighted by atomic mass is 16.5. The second kappa shape index (κ2) is 9.41. The SMILES string of the molecule is CCCCN1C(=O)c2oc3cc(C)cc(C)c3c(=O)c2C1c1ccc(OCc2ccccc2)cc1. The summed E-state index contributed by atoms with van der Waals surface area (Å²) in [6.45, 7) is 6.99. The van der Waals surface area contributed by atoms with Gasteiger partial charge in [-0.2, -0.15) is 0 Å². The lowest BCUT2D eigenvalue weighted by Crippen LogP contribution is -2.30. The Morgan fingerprint density at radius 2 is 1.71 bits per heavy atom. The molecule has 1 aromatic heterocycles. The van der Waals surface area contributed by atoms with Gasteiger partial charge >= 0.3 is 0 Å². The van der Waals surface area contributed by atoms with Crippen molar-refractivity contribution in [3.8, 4) is 5.75 Å². The molecule has 0 saturated carbocycles. The summed E-state index contributed by atoms with van der Waals surface area (Å²) in [5, 5.41) is 0.548. The molecule has 5 heteroatoms. The fraction of sp³-hybridized carbons (Fsp3) is 0.267. The molecule has 178 valence electrons. The summed E-state index contributed by atoms with van der Waals surface area (Å²) in [5.74, 6) is 0.679. The molecule has 5 rings (SSSR count). The van der Waals surface area contributed by atoms with E-state index in [1.807, 2.05) is 80.6 Å². The predicted octanol–water partition coefficient (Wildman–Crippen LogP) is 6.33. The van der Waals surface area contributed by atoms with Crippen molar-refractivity contribution in [3.63, 3.8) is 0 Å². The van der Waals surface area contributed by atoms with Gasteiger partial charge in [-0.25, -0.2) is 0 Å². The number of hydrogen-bond donors (Lipinski definition) is 0. The van der Waals surface area contributed by atoms with Crippen LogP contribution in [0.2, 0.25) is 0 Å². The highest BCUT2D eigenvalue weighted by Crippen LogP contribution is 2.39. The van der Waals surface area contributed by atoms with E-state index in [-0.39, 0.29) is 17.1 Å². The Balaban J connectivity index is 1.55. The van der Waals surface area contributed by atoms with Crippen molar-refractivity contribution in [1.29, 1.82) is 0 Å². The molecule has 1 atom stereocenters. The fourth-order valence-corrected chi connectivity index (χ4v) is 4.91. The molecule has 1 unspecified atom stereocenters. The van der Waals surface area contributed by atoms with Crippen LogP contribution in [0, 0.1) is 13.8 Å². The van der Waals surface area contributed by atoms with Crippen LogP contribution in [0.15, 0.2) is 75.9 Å². The summed E-state index contributed by atoms with van der Waals surface area (Å²) in [4.78, 5) is 29.0. The first kappa shape index (κ1) is 22.9. The van der Waals surface area contributed by atoms with Gasteiger partial charge < -0.3 is 14.1 Å². The number of ether oxygens (including phenoxy) is 1. The number of rotatable bonds is 7. The molecule has 3 aromatic carbocycles. The zero-order valence-electron chi connectivity index (χ0n) is 20.3. The van der Waals surface area contributed by atoms with Crippen molar-refractivity contribution in [1.82, 2.24) is 4.90 Å². The van der Waals surface area contributed by atoms with Crippen molar-refractivity contribution >= 4 is 16.9 Å². The molecule has 0 fully saturated rings. The van der Waals surface area contributed by atoms with Crippen LogP contribution < -0.4 is 10.2 Å². The zero-order chi connectivity index (χ0) is 24.5. The molecule has 4 aromatic rings. The normalized spacial score (nSPS) is 15.0. The highest BCUT2D eigenvalue weighted by molar-refractivity contribution is 5.99. The van der Waals surface area contributed by atoms with Crippen LogP contribution in [0.1, 0.15) is 64.2 Å². The average molecular weight is 468 g/mol. The van der Waals surface area contributed by atoms with E-state index >= 15 is 0 Å². The Kier molecular flexibility index (Phi) is 6.16. The fourth-order valence-electron chi connectivity index (χ4n) is 4.91. The number of hydrogen-bond acceptors (Lipinski definition) is 4. The molecule has 0 aliphatic carbocycles. The van der Waals surface area contributed by atoms with Crippen molar-refractivity contribution < 1.29 is 13.9 Å². The van der Waals surface area contributed by atoms with Gasteiger partial charge in [0.25, 0.3) is 5.91 Å². The summed E-state index contributed by atoms with van der Waals surface area (Å²) >= 11 is 0. The van der Waals surface area contributed by atoms with Crippen LogP contribution in [0.25, 0.3) is 11.0 Å². The second-order valence-electron chi connectivity index (χ2n) is 9.23. The summed E-state index contributed by atoms with van der Waals surface area (Å²) in [6.07, 6.45) is 1.79. The van der Waals surface area contributed by atoms with E-state index in [9.17, 15) is 9.59 Å². The van der Waals surface area contributed by atoms with E-state index in [2.05, 4.69) is 6.92 Å². The molecule has 1 aliphatic rings.